The average molecular weight is 324 g/mol. The number of amides is 1. The molecule has 0 spiro atoms. The molecule has 0 bridgehead atoms. The molecular weight excluding hydrogens is 306 g/mol. The predicted octanol–water partition coefficient (Wildman–Crippen LogP) is 0.615. The van der Waals surface area contributed by atoms with Crippen LogP contribution in [0.1, 0.15) is 11.1 Å². The lowest BCUT2D eigenvalue weighted by Gasteiger charge is -2.13. The fraction of sp³-hybridized carbons (Fsp3) is 0.222. The normalized spacial score (nSPS) is 15.6. The predicted molar refractivity (Wildman–Crippen MR) is 88.8 cm³/mol. The zero-order valence-electron chi connectivity index (χ0n) is 13.3. The van der Waals surface area contributed by atoms with Crippen LogP contribution >= 0.6 is 0 Å². The van der Waals surface area contributed by atoms with E-state index in [1.165, 1.54) is 5.56 Å². The number of nitrogens with zero attached hydrogens (tertiary/aromatic N) is 1. The number of rotatable bonds is 3. The summed E-state index contributed by atoms with van der Waals surface area (Å²) in [6.45, 7) is 3.05. The first-order valence-corrected chi connectivity index (χ1v) is 7.82. The van der Waals surface area contributed by atoms with Gasteiger partial charge in [0.15, 0.2) is 18.0 Å². The van der Waals surface area contributed by atoms with Crippen molar-refractivity contribution in [3.05, 3.63) is 53.6 Å². The van der Waals surface area contributed by atoms with Gasteiger partial charge in [0.1, 0.15) is 6.54 Å². The van der Waals surface area contributed by atoms with Crippen LogP contribution in [0.5, 0.6) is 11.5 Å². The Morgan fingerprint density at radius 1 is 1.12 bits per heavy atom. The van der Waals surface area contributed by atoms with Crippen molar-refractivity contribution >= 4 is 17.6 Å². The Balaban J connectivity index is 1.51. The molecular formula is C18H18N3O3+. The molecule has 2 aliphatic heterocycles. The van der Waals surface area contributed by atoms with Crippen LogP contribution in [0.2, 0.25) is 0 Å². The van der Waals surface area contributed by atoms with Crippen LogP contribution in [0.15, 0.2) is 42.5 Å². The molecule has 6 nitrogen and oxygen atoms in total. The number of benzene rings is 2. The van der Waals surface area contributed by atoms with E-state index in [9.17, 15) is 4.79 Å². The van der Waals surface area contributed by atoms with E-state index in [1.807, 2.05) is 49.4 Å². The zero-order valence-corrected chi connectivity index (χ0v) is 13.3. The second-order valence-corrected chi connectivity index (χ2v) is 5.86. The third-order valence-electron chi connectivity index (χ3n) is 4.07. The first-order valence-electron chi connectivity index (χ1n) is 7.82. The lowest BCUT2D eigenvalue weighted by atomic mass is 10.2. The number of hydrogen-bond donors (Lipinski definition) is 2. The molecule has 24 heavy (non-hydrogen) atoms. The maximum Gasteiger partial charge on any atom is 0.358 e. The van der Waals surface area contributed by atoms with Crippen molar-refractivity contribution in [2.75, 3.05) is 18.7 Å². The van der Waals surface area contributed by atoms with E-state index in [2.05, 4.69) is 10.3 Å². The average Bonchev–Trinajstić information content (AvgIpc) is 3.18. The Bertz CT molecular complexity index is 815. The van der Waals surface area contributed by atoms with Crippen LogP contribution in [-0.2, 0) is 11.3 Å². The Hall–Kier alpha value is -3.02. The first kappa shape index (κ1) is 14.6. The summed E-state index contributed by atoms with van der Waals surface area (Å²) in [5.41, 5.74) is 3.12. The molecule has 0 aliphatic carbocycles. The van der Waals surface area contributed by atoms with Crippen molar-refractivity contribution in [2.45, 2.75) is 13.5 Å². The smallest absolute Gasteiger partial charge is 0.358 e. The Morgan fingerprint density at radius 3 is 2.75 bits per heavy atom. The van der Waals surface area contributed by atoms with Gasteiger partial charge in [-0.05, 0) is 36.8 Å². The molecule has 2 aromatic rings. The van der Waals surface area contributed by atoms with Gasteiger partial charge in [-0.15, -0.1) is 0 Å². The van der Waals surface area contributed by atoms with E-state index in [-0.39, 0.29) is 12.7 Å². The molecule has 2 heterocycles. The van der Waals surface area contributed by atoms with Crippen molar-refractivity contribution in [1.82, 2.24) is 4.90 Å². The van der Waals surface area contributed by atoms with Crippen molar-refractivity contribution < 1.29 is 19.3 Å². The SMILES string of the molecule is Cc1ccc(NC2=[NH+]CC(=O)N2Cc2ccc3c(c2)OCO3)cc1. The highest BCUT2D eigenvalue weighted by Crippen LogP contribution is 2.32. The third kappa shape index (κ3) is 2.78. The van der Waals surface area contributed by atoms with Gasteiger partial charge in [0.25, 0.3) is 0 Å². The van der Waals surface area contributed by atoms with Crippen LogP contribution < -0.4 is 19.8 Å². The molecule has 0 fully saturated rings. The monoisotopic (exact) mass is 324 g/mol. The number of nitrogens with one attached hydrogen (secondary N) is 2. The standard InChI is InChI=1S/C18H17N3O3/c1-12-2-5-14(6-3-12)20-18-19-9-17(22)21(18)10-13-4-7-15-16(8-13)24-11-23-15/h2-8H,9-11H2,1H3,(H,19,20)/p+1. The molecule has 2 aliphatic rings. The Kier molecular flexibility index (Phi) is 3.57. The van der Waals surface area contributed by atoms with Gasteiger partial charge >= 0.3 is 11.9 Å². The highest BCUT2D eigenvalue weighted by molar-refractivity contribution is 6.04. The van der Waals surface area contributed by atoms with Crippen molar-refractivity contribution in [1.29, 1.82) is 0 Å². The van der Waals surface area contributed by atoms with Gasteiger partial charge in [-0.3, -0.25) is 9.79 Å². The van der Waals surface area contributed by atoms with E-state index in [0.717, 1.165) is 22.7 Å². The van der Waals surface area contributed by atoms with Crippen LogP contribution in [0.4, 0.5) is 5.69 Å². The minimum atomic E-state index is 0.0299. The number of ether oxygens (including phenoxy) is 2. The number of anilines is 1. The van der Waals surface area contributed by atoms with Crippen LogP contribution in [0.3, 0.4) is 0 Å². The molecule has 6 heteroatoms. The zero-order chi connectivity index (χ0) is 16.5. The summed E-state index contributed by atoms with van der Waals surface area (Å²) >= 11 is 0. The quantitative estimate of drug-likeness (QED) is 0.868. The summed E-state index contributed by atoms with van der Waals surface area (Å²) in [5.74, 6) is 2.19. The minimum absolute atomic E-state index is 0.0299. The van der Waals surface area contributed by atoms with Crippen molar-refractivity contribution in [2.24, 2.45) is 0 Å². The van der Waals surface area contributed by atoms with Crippen LogP contribution in [0.25, 0.3) is 0 Å². The van der Waals surface area contributed by atoms with E-state index in [0.29, 0.717) is 19.0 Å². The summed E-state index contributed by atoms with van der Waals surface area (Å²) in [5, 5.41) is 3.28. The van der Waals surface area contributed by atoms with Crippen LogP contribution in [0, 0.1) is 6.92 Å². The molecule has 0 saturated heterocycles. The fourth-order valence-electron chi connectivity index (χ4n) is 2.75. The maximum absolute atomic E-state index is 12.2. The summed E-state index contributed by atoms with van der Waals surface area (Å²) in [7, 11) is 0. The summed E-state index contributed by atoms with van der Waals surface area (Å²) in [6, 6.07) is 13.8. The molecule has 0 radical (unpaired) electrons. The van der Waals surface area contributed by atoms with E-state index in [4.69, 9.17) is 9.47 Å². The number of carbonyl (C=O) groups excluding carboxylic acids is 1. The van der Waals surface area contributed by atoms with Gasteiger partial charge < -0.3 is 9.47 Å². The Morgan fingerprint density at radius 2 is 1.92 bits per heavy atom. The molecule has 1 amide bonds. The summed E-state index contributed by atoms with van der Waals surface area (Å²) in [4.78, 5) is 17.0. The van der Waals surface area contributed by atoms with Gasteiger partial charge in [-0.2, -0.15) is 4.90 Å². The third-order valence-corrected chi connectivity index (χ3v) is 4.07. The molecule has 0 unspecified atom stereocenters. The van der Waals surface area contributed by atoms with Gasteiger partial charge in [0, 0.05) is 0 Å². The van der Waals surface area contributed by atoms with Gasteiger partial charge in [-0.1, -0.05) is 23.8 Å². The summed E-state index contributed by atoms with van der Waals surface area (Å²) in [6.07, 6.45) is 0. The minimum Gasteiger partial charge on any atom is -0.454 e. The topological polar surface area (TPSA) is 64.8 Å². The number of aryl methyl sites for hydroxylation is 1. The fourth-order valence-corrected chi connectivity index (χ4v) is 2.75. The maximum atomic E-state index is 12.2. The molecule has 0 atom stereocenters. The number of hydrogen-bond acceptors (Lipinski definition) is 4. The largest absolute Gasteiger partial charge is 0.454 e. The van der Waals surface area contributed by atoms with Gasteiger partial charge in [0.05, 0.1) is 5.69 Å². The molecule has 2 aromatic carbocycles. The molecule has 0 saturated carbocycles. The molecule has 4 rings (SSSR count). The molecule has 0 aromatic heterocycles. The second-order valence-electron chi connectivity index (χ2n) is 5.86. The Labute approximate surface area is 139 Å². The van der Waals surface area contributed by atoms with E-state index >= 15 is 0 Å². The van der Waals surface area contributed by atoms with Crippen LogP contribution in [-0.4, -0.2) is 30.1 Å². The van der Waals surface area contributed by atoms with Gasteiger partial charge in [-0.25, -0.2) is 5.32 Å². The lowest BCUT2D eigenvalue weighted by molar-refractivity contribution is -0.438. The number of carbonyl (C=O) groups is 1. The second kappa shape index (κ2) is 5.88. The van der Waals surface area contributed by atoms with Gasteiger partial charge in [0.2, 0.25) is 6.79 Å². The summed E-state index contributed by atoms with van der Waals surface area (Å²) < 4.78 is 10.7. The number of fused-ring (bicyclic) bond motifs is 1. The lowest BCUT2D eigenvalue weighted by Crippen LogP contribution is -2.72. The number of guanidine groups is 1. The first-order chi connectivity index (χ1) is 11.7. The van der Waals surface area contributed by atoms with E-state index in [1.54, 1.807) is 4.90 Å². The van der Waals surface area contributed by atoms with E-state index < -0.39 is 0 Å². The molecule has 122 valence electrons. The highest BCUT2D eigenvalue weighted by Gasteiger charge is 2.33. The van der Waals surface area contributed by atoms with Crippen molar-refractivity contribution in [3.63, 3.8) is 0 Å². The molecule has 2 N–H and O–H groups in total. The van der Waals surface area contributed by atoms with Crippen molar-refractivity contribution in [3.8, 4) is 11.5 Å². The highest BCUT2D eigenvalue weighted by atomic mass is 16.7.